The molecular weight excluding hydrogens is 262 g/mol. The lowest BCUT2D eigenvalue weighted by molar-refractivity contribution is -0.151. The molecule has 0 saturated carbocycles. The molecule has 114 valence electrons. The van der Waals surface area contributed by atoms with Gasteiger partial charge in [0, 0.05) is 0 Å². The Kier molecular flexibility index (Phi) is 5.56. The highest BCUT2D eigenvalue weighted by Gasteiger charge is 2.38. The molecule has 0 aromatic heterocycles. The maximum absolute atomic E-state index is 12.1. The Hall–Kier alpha value is -1.56. The van der Waals surface area contributed by atoms with Gasteiger partial charge in [0.2, 0.25) is 0 Å². The molecule has 1 N–H and O–H groups in total. The van der Waals surface area contributed by atoms with Gasteiger partial charge in [-0.2, -0.15) is 0 Å². The maximum atomic E-state index is 12.1. The van der Waals surface area contributed by atoms with Crippen LogP contribution in [0.2, 0.25) is 0 Å². The van der Waals surface area contributed by atoms with Crippen LogP contribution in [0.5, 0.6) is 0 Å². The molecule has 1 fully saturated rings. The number of carbonyl (C=O) groups excluding carboxylic acids is 2. The zero-order valence-corrected chi connectivity index (χ0v) is 12.3. The Morgan fingerprint density at radius 3 is 2.60 bits per heavy atom. The van der Waals surface area contributed by atoms with E-state index < -0.39 is 29.8 Å². The summed E-state index contributed by atoms with van der Waals surface area (Å²) >= 11 is 0. The molecule has 0 aromatic carbocycles. The van der Waals surface area contributed by atoms with Crippen LogP contribution >= 0.6 is 0 Å². The van der Waals surface area contributed by atoms with Gasteiger partial charge in [0.1, 0.15) is 18.2 Å². The van der Waals surface area contributed by atoms with Crippen LogP contribution in [0, 0.1) is 0 Å². The van der Waals surface area contributed by atoms with Crippen LogP contribution in [0.1, 0.15) is 33.6 Å². The van der Waals surface area contributed by atoms with Gasteiger partial charge in [0.15, 0.2) is 0 Å². The zero-order chi connectivity index (χ0) is 15.3. The van der Waals surface area contributed by atoms with Crippen LogP contribution in [0.3, 0.4) is 0 Å². The summed E-state index contributed by atoms with van der Waals surface area (Å²) in [5.41, 5.74) is -0.658. The molecule has 6 heteroatoms. The second-order valence-corrected chi connectivity index (χ2v) is 5.80. The first-order valence-electron chi connectivity index (χ1n) is 6.70. The molecule has 0 spiro atoms. The standard InChI is InChI=1S/C14H23NO5/c1-5-8-19-12(17)11-7-6-10(16)9-15(11)13(18)20-14(2,3)4/h5,10-11,16H,1,6-9H2,2-4H3. The van der Waals surface area contributed by atoms with E-state index in [0.717, 1.165) is 0 Å². The summed E-state index contributed by atoms with van der Waals surface area (Å²) in [7, 11) is 0. The smallest absolute Gasteiger partial charge is 0.411 e. The fourth-order valence-corrected chi connectivity index (χ4v) is 1.96. The number of ether oxygens (including phenoxy) is 2. The van der Waals surface area contributed by atoms with Crippen LogP contribution in [-0.2, 0) is 14.3 Å². The molecular formula is C14H23NO5. The van der Waals surface area contributed by atoms with Crippen LogP contribution in [0.25, 0.3) is 0 Å². The molecule has 1 amide bonds. The van der Waals surface area contributed by atoms with Gasteiger partial charge in [0.25, 0.3) is 0 Å². The van der Waals surface area contributed by atoms with Gasteiger partial charge in [0.05, 0.1) is 12.6 Å². The van der Waals surface area contributed by atoms with Crippen molar-refractivity contribution < 1.29 is 24.2 Å². The van der Waals surface area contributed by atoms with Crippen molar-refractivity contribution in [3.8, 4) is 0 Å². The third-order valence-corrected chi connectivity index (χ3v) is 2.80. The quantitative estimate of drug-likeness (QED) is 0.628. The Bertz CT molecular complexity index is 374. The van der Waals surface area contributed by atoms with E-state index in [1.54, 1.807) is 20.8 Å². The third kappa shape index (κ3) is 4.85. The van der Waals surface area contributed by atoms with Crippen LogP contribution in [0.4, 0.5) is 4.79 Å². The van der Waals surface area contributed by atoms with Gasteiger partial charge in [-0.3, -0.25) is 4.90 Å². The summed E-state index contributed by atoms with van der Waals surface area (Å²) in [4.78, 5) is 25.3. The number of β-amino-alcohol motifs (C(OH)–C–C–N with tert-alkyl or cyclic N) is 1. The average Bonchev–Trinajstić information content (AvgIpc) is 2.33. The Morgan fingerprint density at radius 1 is 1.40 bits per heavy atom. The van der Waals surface area contributed by atoms with Crippen molar-refractivity contribution in [3.05, 3.63) is 12.7 Å². The number of carbonyl (C=O) groups is 2. The van der Waals surface area contributed by atoms with Gasteiger partial charge in [-0.15, -0.1) is 0 Å². The molecule has 0 bridgehead atoms. The fraction of sp³-hybridized carbons (Fsp3) is 0.714. The monoisotopic (exact) mass is 285 g/mol. The fourth-order valence-electron chi connectivity index (χ4n) is 1.96. The zero-order valence-electron chi connectivity index (χ0n) is 12.3. The lowest BCUT2D eigenvalue weighted by Gasteiger charge is -2.37. The van der Waals surface area contributed by atoms with E-state index in [-0.39, 0.29) is 13.2 Å². The molecule has 2 unspecified atom stereocenters. The lowest BCUT2D eigenvalue weighted by atomic mass is 10.0. The minimum atomic E-state index is -0.715. The Morgan fingerprint density at radius 2 is 2.05 bits per heavy atom. The first-order valence-corrected chi connectivity index (χ1v) is 6.70. The van der Waals surface area contributed by atoms with E-state index in [4.69, 9.17) is 9.47 Å². The minimum Gasteiger partial charge on any atom is -0.460 e. The summed E-state index contributed by atoms with van der Waals surface area (Å²) in [6.07, 6.45) is 1.01. The minimum absolute atomic E-state index is 0.0722. The number of nitrogens with zero attached hydrogens (tertiary/aromatic N) is 1. The number of amides is 1. The van der Waals surface area contributed by atoms with E-state index in [2.05, 4.69) is 6.58 Å². The first kappa shape index (κ1) is 16.5. The van der Waals surface area contributed by atoms with E-state index >= 15 is 0 Å². The second-order valence-electron chi connectivity index (χ2n) is 5.80. The van der Waals surface area contributed by atoms with E-state index in [1.807, 2.05) is 0 Å². The molecule has 1 aliphatic heterocycles. The number of piperidine rings is 1. The molecule has 1 heterocycles. The van der Waals surface area contributed by atoms with Gasteiger partial charge in [-0.25, -0.2) is 9.59 Å². The molecule has 20 heavy (non-hydrogen) atoms. The van der Waals surface area contributed by atoms with Gasteiger partial charge >= 0.3 is 12.1 Å². The lowest BCUT2D eigenvalue weighted by Crippen LogP contribution is -2.53. The van der Waals surface area contributed by atoms with Crippen LogP contribution in [0.15, 0.2) is 12.7 Å². The summed E-state index contributed by atoms with van der Waals surface area (Å²) in [6, 6.07) is -0.715. The highest BCUT2D eigenvalue weighted by molar-refractivity contribution is 5.82. The molecule has 0 aromatic rings. The topological polar surface area (TPSA) is 76.1 Å². The molecule has 0 aliphatic carbocycles. The number of hydrogen-bond acceptors (Lipinski definition) is 5. The normalized spacial score (nSPS) is 23.1. The summed E-state index contributed by atoms with van der Waals surface area (Å²) in [5.74, 6) is -0.498. The highest BCUT2D eigenvalue weighted by Crippen LogP contribution is 2.21. The van der Waals surface area contributed by atoms with Gasteiger partial charge < -0.3 is 14.6 Å². The average molecular weight is 285 g/mol. The first-order chi connectivity index (χ1) is 9.24. The molecule has 0 radical (unpaired) electrons. The maximum Gasteiger partial charge on any atom is 0.411 e. The third-order valence-electron chi connectivity index (χ3n) is 2.80. The summed E-state index contributed by atoms with van der Waals surface area (Å²) in [6.45, 7) is 8.88. The second kappa shape index (κ2) is 6.74. The molecule has 1 aliphatic rings. The van der Waals surface area contributed by atoms with Crippen LogP contribution in [-0.4, -0.2) is 53.0 Å². The van der Waals surface area contributed by atoms with Gasteiger partial charge in [-0.05, 0) is 33.6 Å². The number of hydrogen-bond donors (Lipinski definition) is 1. The van der Waals surface area contributed by atoms with Crippen molar-refractivity contribution in [2.45, 2.75) is 51.4 Å². The number of aliphatic hydroxyl groups is 1. The predicted molar refractivity (Wildman–Crippen MR) is 73.1 cm³/mol. The number of aliphatic hydroxyl groups excluding tert-OH is 1. The van der Waals surface area contributed by atoms with Gasteiger partial charge in [-0.1, -0.05) is 12.7 Å². The van der Waals surface area contributed by atoms with Crippen molar-refractivity contribution in [2.24, 2.45) is 0 Å². The molecule has 1 rings (SSSR count). The van der Waals surface area contributed by atoms with Crippen LogP contribution < -0.4 is 0 Å². The molecule has 6 nitrogen and oxygen atoms in total. The van der Waals surface area contributed by atoms with Crippen molar-refractivity contribution >= 4 is 12.1 Å². The number of esters is 1. The highest BCUT2D eigenvalue weighted by atomic mass is 16.6. The number of rotatable bonds is 3. The molecule has 2 atom stereocenters. The van der Waals surface area contributed by atoms with Crippen molar-refractivity contribution in [2.75, 3.05) is 13.2 Å². The van der Waals surface area contributed by atoms with Crippen molar-refractivity contribution in [3.63, 3.8) is 0 Å². The Balaban J connectivity index is 2.77. The Labute approximate surface area is 119 Å². The van der Waals surface area contributed by atoms with Crippen molar-refractivity contribution in [1.82, 2.24) is 4.90 Å². The summed E-state index contributed by atoms with van der Waals surface area (Å²) in [5, 5.41) is 9.68. The SMILES string of the molecule is C=CCOC(=O)C1CCC(O)CN1C(=O)OC(C)(C)C. The largest absolute Gasteiger partial charge is 0.460 e. The van der Waals surface area contributed by atoms with Crippen molar-refractivity contribution in [1.29, 1.82) is 0 Å². The number of likely N-dealkylation sites (tertiary alicyclic amines) is 1. The van der Waals surface area contributed by atoms with E-state index in [1.165, 1.54) is 11.0 Å². The molecule has 1 saturated heterocycles. The summed E-state index contributed by atoms with van der Waals surface area (Å²) < 4.78 is 10.2. The van der Waals surface area contributed by atoms with E-state index in [9.17, 15) is 14.7 Å². The predicted octanol–water partition coefficient (Wildman–Crippen LogP) is 1.48. The van der Waals surface area contributed by atoms with E-state index in [0.29, 0.717) is 12.8 Å².